The number of alkyl halides is 6. The number of rotatable bonds is 5. The van der Waals surface area contributed by atoms with Gasteiger partial charge in [-0.15, -0.1) is 0 Å². The molecule has 0 aliphatic carbocycles. The quantitative estimate of drug-likeness (QED) is 0.308. The van der Waals surface area contributed by atoms with Gasteiger partial charge in [0.05, 0.1) is 17.2 Å². The summed E-state index contributed by atoms with van der Waals surface area (Å²) in [6, 6.07) is 4.76. The normalized spacial score (nSPS) is 19.3. The van der Waals surface area contributed by atoms with Crippen LogP contribution >= 0.6 is 0 Å². The third-order valence-electron chi connectivity index (χ3n) is 8.72. The molecule has 0 saturated carbocycles. The molecule has 2 aromatic rings. The number of anilines is 1. The molecule has 264 valence electrons. The van der Waals surface area contributed by atoms with Crippen molar-refractivity contribution in [3.8, 4) is 0 Å². The van der Waals surface area contributed by atoms with Crippen LogP contribution in [0.4, 0.5) is 46.0 Å². The van der Waals surface area contributed by atoms with E-state index in [9.17, 15) is 45.1 Å². The molecule has 2 aliphatic rings. The van der Waals surface area contributed by atoms with Crippen molar-refractivity contribution in [3.05, 3.63) is 65.0 Å². The molecule has 2 saturated heterocycles. The van der Waals surface area contributed by atoms with Gasteiger partial charge in [0.25, 0.3) is 0 Å². The first kappa shape index (κ1) is 36.8. The van der Waals surface area contributed by atoms with Crippen LogP contribution in [-0.2, 0) is 21.9 Å². The van der Waals surface area contributed by atoms with Crippen molar-refractivity contribution >= 4 is 23.7 Å². The van der Waals surface area contributed by atoms with Crippen LogP contribution in [0.2, 0.25) is 0 Å². The maximum Gasteiger partial charge on any atom is 0.416 e. The number of ether oxygens (including phenoxy) is 1. The molecule has 4 rings (SSSR count). The predicted octanol–water partition coefficient (Wildman–Crippen LogP) is 7.38. The summed E-state index contributed by atoms with van der Waals surface area (Å²) in [5, 5.41) is 0. The van der Waals surface area contributed by atoms with E-state index in [1.165, 1.54) is 36.2 Å². The van der Waals surface area contributed by atoms with E-state index in [0.717, 1.165) is 7.05 Å². The summed E-state index contributed by atoms with van der Waals surface area (Å²) in [4.78, 5) is 44.7. The van der Waals surface area contributed by atoms with Gasteiger partial charge >= 0.3 is 24.5 Å². The highest BCUT2D eigenvalue weighted by molar-refractivity contribution is 5.92. The predicted molar refractivity (Wildman–Crippen MR) is 163 cm³/mol. The monoisotopic (exact) mass is 688 g/mol. The number of piperidine rings is 1. The van der Waals surface area contributed by atoms with Gasteiger partial charge in [-0.2, -0.15) is 26.3 Å². The number of nitrogens with zero attached hydrogens (tertiary/aromatic N) is 4. The summed E-state index contributed by atoms with van der Waals surface area (Å²) in [5.41, 5.74) is -3.78. The SMILES string of the molecule is CN(C(=O)N(C)[C@@H]1CN(C(=O)CC2CCN(C(=O)OC(C)(C)C)CC2)C[C@H]1c1ccc(F)cc1)c1cc(C(F)(F)F)cc(C(F)(F)F)c1. The van der Waals surface area contributed by atoms with Crippen molar-refractivity contribution in [1.29, 1.82) is 0 Å². The second-order valence-electron chi connectivity index (χ2n) is 13.4. The fourth-order valence-electron chi connectivity index (χ4n) is 6.06. The minimum absolute atomic E-state index is 0.0159. The van der Waals surface area contributed by atoms with Crippen molar-refractivity contribution in [2.75, 3.05) is 45.2 Å². The fraction of sp³-hybridized carbons (Fsp3) is 0.545. The van der Waals surface area contributed by atoms with Crippen LogP contribution < -0.4 is 4.90 Å². The van der Waals surface area contributed by atoms with Gasteiger partial charge in [0.1, 0.15) is 11.4 Å². The van der Waals surface area contributed by atoms with Crippen molar-refractivity contribution in [1.82, 2.24) is 14.7 Å². The van der Waals surface area contributed by atoms with E-state index in [4.69, 9.17) is 4.74 Å². The van der Waals surface area contributed by atoms with E-state index in [1.54, 1.807) is 30.6 Å². The number of amides is 4. The lowest BCUT2D eigenvalue weighted by Gasteiger charge is -2.34. The second kappa shape index (κ2) is 13.8. The molecule has 0 radical (unpaired) electrons. The van der Waals surface area contributed by atoms with Crippen molar-refractivity contribution < 1.29 is 49.9 Å². The Balaban J connectivity index is 1.51. The number of likely N-dealkylation sites (tertiary alicyclic amines) is 2. The molecule has 2 aliphatic heterocycles. The van der Waals surface area contributed by atoms with Crippen LogP contribution in [0.15, 0.2) is 42.5 Å². The van der Waals surface area contributed by atoms with E-state index in [1.807, 2.05) is 0 Å². The number of halogens is 7. The first-order valence-corrected chi connectivity index (χ1v) is 15.4. The number of likely N-dealkylation sites (N-methyl/N-ethyl adjacent to an activating group) is 1. The van der Waals surface area contributed by atoms with Crippen molar-refractivity contribution in [3.63, 3.8) is 0 Å². The minimum Gasteiger partial charge on any atom is -0.444 e. The number of benzene rings is 2. The maximum absolute atomic E-state index is 13.8. The second-order valence-corrected chi connectivity index (χ2v) is 13.4. The average Bonchev–Trinajstić information content (AvgIpc) is 3.44. The van der Waals surface area contributed by atoms with Crippen LogP contribution in [0, 0.1) is 11.7 Å². The van der Waals surface area contributed by atoms with Gasteiger partial charge < -0.3 is 19.4 Å². The molecule has 0 N–H and O–H groups in total. The third-order valence-corrected chi connectivity index (χ3v) is 8.72. The molecule has 0 spiro atoms. The third kappa shape index (κ3) is 8.90. The molecule has 48 heavy (non-hydrogen) atoms. The Kier molecular flexibility index (Phi) is 10.6. The van der Waals surface area contributed by atoms with Gasteiger partial charge in [0.2, 0.25) is 5.91 Å². The van der Waals surface area contributed by atoms with Gasteiger partial charge in [-0.1, -0.05) is 12.1 Å². The molecule has 0 bridgehead atoms. The highest BCUT2D eigenvalue weighted by Gasteiger charge is 2.42. The molecule has 2 aromatic carbocycles. The topological polar surface area (TPSA) is 73.4 Å². The van der Waals surface area contributed by atoms with Gasteiger partial charge in [-0.25, -0.2) is 14.0 Å². The molecule has 2 atom stereocenters. The Labute approximate surface area is 274 Å². The lowest BCUT2D eigenvalue weighted by molar-refractivity contribution is -0.143. The van der Waals surface area contributed by atoms with Gasteiger partial charge in [-0.3, -0.25) is 9.69 Å². The molecule has 2 fully saturated rings. The highest BCUT2D eigenvalue weighted by atomic mass is 19.4. The zero-order valence-corrected chi connectivity index (χ0v) is 27.3. The van der Waals surface area contributed by atoms with Crippen LogP contribution in [-0.4, -0.2) is 84.6 Å². The number of carbonyl (C=O) groups excluding carboxylic acids is 3. The molecule has 0 aromatic heterocycles. The summed E-state index contributed by atoms with van der Waals surface area (Å²) in [6.45, 7) is 6.34. The number of hydrogen-bond acceptors (Lipinski definition) is 4. The smallest absolute Gasteiger partial charge is 0.416 e. The Morgan fingerprint density at radius 2 is 1.38 bits per heavy atom. The van der Waals surface area contributed by atoms with E-state index in [-0.39, 0.29) is 37.4 Å². The summed E-state index contributed by atoms with van der Waals surface area (Å²) < 4.78 is 100. The fourth-order valence-corrected chi connectivity index (χ4v) is 6.06. The lowest BCUT2D eigenvalue weighted by Crippen LogP contribution is -2.48. The van der Waals surface area contributed by atoms with E-state index in [0.29, 0.717) is 48.5 Å². The largest absolute Gasteiger partial charge is 0.444 e. The molecule has 4 amide bonds. The summed E-state index contributed by atoms with van der Waals surface area (Å²) in [7, 11) is 2.43. The Bertz CT molecular complexity index is 1450. The molecule has 8 nitrogen and oxygen atoms in total. The van der Waals surface area contributed by atoms with Crippen LogP contribution in [0.3, 0.4) is 0 Å². The first-order valence-electron chi connectivity index (χ1n) is 15.4. The zero-order valence-electron chi connectivity index (χ0n) is 27.3. The van der Waals surface area contributed by atoms with Gasteiger partial charge in [0.15, 0.2) is 0 Å². The maximum atomic E-state index is 13.8. The zero-order chi connectivity index (χ0) is 35.8. The van der Waals surface area contributed by atoms with E-state index in [2.05, 4.69) is 0 Å². The van der Waals surface area contributed by atoms with E-state index >= 15 is 0 Å². The standard InChI is InChI=1S/C33H39F7N4O4/c1-31(2,3)48-30(47)43-12-10-20(11-13-43)14-28(45)44-18-26(21-6-8-24(34)9-7-21)27(19-44)42(5)29(46)41(4)25-16-22(32(35,36)37)15-23(17-25)33(38,39)40/h6-9,15-17,20,26-27H,10-14,18-19H2,1-5H3/t26-,27+/m0/s1. The Hall–Kier alpha value is -4.04. The molecule has 2 heterocycles. The Morgan fingerprint density at radius 1 is 0.833 bits per heavy atom. The Morgan fingerprint density at radius 3 is 1.88 bits per heavy atom. The summed E-state index contributed by atoms with van der Waals surface area (Å²) >= 11 is 0. The number of urea groups is 1. The summed E-state index contributed by atoms with van der Waals surface area (Å²) in [5.74, 6) is -1.26. The summed E-state index contributed by atoms with van der Waals surface area (Å²) in [6.07, 6.45) is -9.30. The van der Waals surface area contributed by atoms with E-state index < -0.39 is 64.7 Å². The number of carbonyl (C=O) groups is 3. The van der Waals surface area contributed by atoms with Crippen LogP contribution in [0.1, 0.15) is 62.6 Å². The minimum atomic E-state index is -5.10. The van der Waals surface area contributed by atoms with Crippen molar-refractivity contribution in [2.24, 2.45) is 5.92 Å². The van der Waals surface area contributed by atoms with Crippen LogP contribution in [0.25, 0.3) is 0 Å². The van der Waals surface area contributed by atoms with Gasteiger partial charge in [0, 0.05) is 58.3 Å². The molecular weight excluding hydrogens is 649 g/mol. The molecule has 15 heteroatoms. The number of hydrogen-bond donors (Lipinski definition) is 0. The lowest BCUT2D eigenvalue weighted by atomic mass is 9.93. The van der Waals surface area contributed by atoms with Crippen molar-refractivity contribution in [2.45, 2.75) is 69.9 Å². The van der Waals surface area contributed by atoms with Gasteiger partial charge in [-0.05, 0) is 75.4 Å². The average molecular weight is 689 g/mol. The van der Waals surface area contributed by atoms with Crippen LogP contribution in [0.5, 0.6) is 0 Å². The molecular formula is C33H39F7N4O4. The molecule has 0 unspecified atom stereocenters. The highest BCUT2D eigenvalue weighted by Crippen LogP contribution is 2.39. The first-order chi connectivity index (χ1) is 22.1.